The number of piperidine rings is 1. The lowest BCUT2D eigenvalue weighted by Gasteiger charge is -2.39. The minimum Gasteiger partial charge on any atom is -0.465 e. The molecule has 1 fully saturated rings. The number of likely N-dealkylation sites (tertiary alicyclic amines) is 1. The Balaban J connectivity index is 2.10. The normalized spacial score (nSPS) is 24.3. The van der Waals surface area contributed by atoms with Gasteiger partial charge in [-0.2, -0.15) is 0 Å². The van der Waals surface area contributed by atoms with Crippen molar-refractivity contribution in [3.63, 3.8) is 0 Å². The highest BCUT2D eigenvalue weighted by atomic mass is 16.3. The van der Waals surface area contributed by atoms with E-state index in [0.717, 1.165) is 31.0 Å². The molecule has 4 nitrogen and oxygen atoms in total. The molecule has 1 aliphatic heterocycles. The SMILES string of the molecule is Cc1ccc(C(C(C)N)N2CCCC(CCO)C2)o1. The minimum absolute atomic E-state index is 0.0402. The third kappa shape index (κ3) is 3.59. The van der Waals surface area contributed by atoms with Crippen LogP contribution in [0.15, 0.2) is 16.5 Å². The van der Waals surface area contributed by atoms with Crippen LogP contribution in [0.4, 0.5) is 0 Å². The molecule has 3 atom stereocenters. The summed E-state index contributed by atoms with van der Waals surface area (Å²) in [5.74, 6) is 2.48. The first-order valence-electron chi connectivity index (χ1n) is 7.28. The van der Waals surface area contributed by atoms with Crippen LogP contribution in [-0.4, -0.2) is 35.7 Å². The summed E-state index contributed by atoms with van der Waals surface area (Å²) >= 11 is 0. The average Bonchev–Trinajstić information content (AvgIpc) is 2.76. The molecule has 108 valence electrons. The second-order valence-corrected chi connectivity index (χ2v) is 5.77. The van der Waals surface area contributed by atoms with Gasteiger partial charge in [-0.1, -0.05) is 0 Å². The average molecular weight is 266 g/mol. The molecule has 1 aromatic heterocycles. The van der Waals surface area contributed by atoms with E-state index < -0.39 is 0 Å². The first-order chi connectivity index (χ1) is 9.11. The molecule has 0 bridgehead atoms. The lowest BCUT2D eigenvalue weighted by atomic mass is 9.92. The van der Waals surface area contributed by atoms with Crippen molar-refractivity contribution < 1.29 is 9.52 Å². The van der Waals surface area contributed by atoms with Gasteiger partial charge in [0.15, 0.2) is 0 Å². The number of hydrogen-bond acceptors (Lipinski definition) is 4. The van der Waals surface area contributed by atoms with Crippen molar-refractivity contribution in [2.75, 3.05) is 19.7 Å². The van der Waals surface area contributed by atoms with E-state index in [1.54, 1.807) is 0 Å². The number of furan rings is 1. The third-order valence-corrected chi connectivity index (χ3v) is 4.03. The van der Waals surface area contributed by atoms with Gasteiger partial charge in [0.1, 0.15) is 11.5 Å². The highest BCUT2D eigenvalue weighted by Crippen LogP contribution is 2.30. The van der Waals surface area contributed by atoms with E-state index in [2.05, 4.69) is 4.90 Å². The number of nitrogens with two attached hydrogens (primary N) is 1. The second-order valence-electron chi connectivity index (χ2n) is 5.77. The minimum atomic E-state index is 0.0402. The first kappa shape index (κ1) is 14.6. The van der Waals surface area contributed by atoms with E-state index >= 15 is 0 Å². The molecular formula is C15H26N2O2. The highest BCUT2D eigenvalue weighted by Gasteiger charge is 2.30. The zero-order valence-electron chi connectivity index (χ0n) is 12.0. The zero-order valence-corrected chi connectivity index (χ0v) is 12.0. The van der Waals surface area contributed by atoms with Crippen LogP contribution in [0.25, 0.3) is 0 Å². The Morgan fingerprint density at radius 2 is 2.32 bits per heavy atom. The first-order valence-corrected chi connectivity index (χ1v) is 7.28. The van der Waals surface area contributed by atoms with Crippen molar-refractivity contribution in [2.45, 2.75) is 45.2 Å². The van der Waals surface area contributed by atoms with Crippen LogP contribution in [0.3, 0.4) is 0 Å². The van der Waals surface area contributed by atoms with Crippen molar-refractivity contribution in [1.29, 1.82) is 0 Å². The molecule has 0 aliphatic carbocycles. The second kappa shape index (κ2) is 6.55. The van der Waals surface area contributed by atoms with Gasteiger partial charge in [0.25, 0.3) is 0 Å². The van der Waals surface area contributed by atoms with Crippen LogP contribution < -0.4 is 5.73 Å². The van der Waals surface area contributed by atoms with Gasteiger partial charge < -0.3 is 15.3 Å². The molecule has 19 heavy (non-hydrogen) atoms. The van der Waals surface area contributed by atoms with Crippen LogP contribution in [-0.2, 0) is 0 Å². The largest absolute Gasteiger partial charge is 0.465 e. The molecule has 3 unspecified atom stereocenters. The standard InChI is InChI=1S/C15H26N2O2/c1-11-5-6-14(19-11)15(12(2)16)17-8-3-4-13(10-17)7-9-18/h5-6,12-13,15,18H,3-4,7-10,16H2,1-2H3. The fraction of sp³-hybridized carbons (Fsp3) is 0.733. The van der Waals surface area contributed by atoms with Gasteiger partial charge in [0.05, 0.1) is 6.04 Å². The Hall–Kier alpha value is -0.840. The molecule has 1 aromatic rings. The smallest absolute Gasteiger partial charge is 0.122 e. The maximum atomic E-state index is 9.11. The van der Waals surface area contributed by atoms with Gasteiger partial charge >= 0.3 is 0 Å². The van der Waals surface area contributed by atoms with Crippen molar-refractivity contribution in [2.24, 2.45) is 11.7 Å². The summed E-state index contributed by atoms with van der Waals surface area (Å²) in [4.78, 5) is 2.42. The molecule has 2 heterocycles. The molecule has 2 rings (SSSR count). The van der Waals surface area contributed by atoms with E-state index in [0.29, 0.717) is 5.92 Å². The van der Waals surface area contributed by atoms with Crippen molar-refractivity contribution in [3.8, 4) is 0 Å². The Labute approximate surface area is 115 Å². The number of aliphatic hydroxyl groups excluding tert-OH is 1. The van der Waals surface area contributed by atoms with Gasteiger partial charge in [-0.15, -0.1) is 0 Å². The van der Waals surface area contributed by atoms with E-state index in [1.165, 1.54) is 12.8 Å². The van der Waals surface area contributed by atoms with Gasteiger partial charge in [-0.05, 0) is 57.7 Å². The summed E-state index contributed by atoms with van der Waals surface area (Å²) in [5, 5.41) is 9.11. The lowest BCUT2D eigenvalue weighted by molar-refractivity contribution is 0.0851. The van der Waals surface area contributed by atoms with Crippen LogP contribution >= 0.6 is 0 Å². The fourth-order valence-corrected chi connectivity index (χ4v) is 3.15. The predicted octanol–water partition coefficient (Wildman–Crippen LogP) is 2.07. The van der Waals surface area contributed by atoms with Crippen molar-refractivity contribution >= 4 is 0 Å². The van der Waals surface area contributed by atoms with Gasteiger partial charge in [-0.25, -0.2) is 0 Å². The summed E-state index contributed by atoms with van der Waals surface area (Å²) in [7, 11) is 0. The van der Waals surface area contributed by atoms with E-state index in [9.17, 15) is 0 Å². The Morgan fingerprint density at radius 3 is 2.89 bits per heavy atom. The van der Waals surface area contributed by atoms with Crippen LogP contribution in [0.1, 0.15) is 43.7 Å². The predicted molar refractivity (Wildman–Crippen MR) is 75.8 cm³/mol. The summed E-state index contributed by atoms with van der Waals surface area (Å²) in [5.41, 5.74) is 6.18. The summed E-state index contributed by atoms with van der Waals surface area (Å²) < 4.78 is 5.78. The molecular weight excluding hydrogens is 240 g/mol. The number of rotatable bonds is 5. The molecule has 1 saturated heterocycles. The van der Waals surface area contributed by atoms with Gasteiger partial charge in [0.2, 0.25) is 0 Å². The van der Waals surface area contributed by atoms with Crippen molar-refractivity contribution in [3.05, 3.63) is 23.7 Å². The van der Waals surface area contributed by atoms with E-state index in [4.69, 9.17) is 15.3 Å². The molecule has 4 heteroatoms. The van der Waals surface area contributed by atoms with E-state index in [-0.39, 0.29) is 18.7 Å². The maximum absolute atomic E-state index is 9.11. The van der Waals surface area contributed by atoms with Crippen molar-refractivity contribution in [1.82, 2.24) is 4.90 Å². The molecule has 3 N–H and O–H groups in total. The molecule has 0 amide bonds. The molecule has 1 aliphatic rings. The van der Waals surface area contributed by atoms with Gasteiger partial charge in [-0.3, -0.25) is 4.90 Å². The number of hydrogen-bond donors (Lipinski definition) is 2. The Morgan fingerprint density at radius 1 is 1.53 bits per heavy atom. The highest BCUT2D eigenvalue weighted by molar-refractivity contribution is 5.12. The van der Waals surface area contributed by atoms with Crippen LogP contribution in [0, 0.1) is 12.8 Å². The number of nitrogens with zero attached hydrogens (tertiary/aromatic N) is 1. The maximum Gasteiger partial charge on any atom is 0.122 e. The number of aryl methyl sites for hydroxylation is 1. The van der Waals surface area contributed by atoms with E-state index in [1.807, 2.05) is 26.0 Å². The van der Waals surface area contributed by atoms with Crippen LogP contribution in [0.5, 0.6) is 0 Å². The topological polar surface area (TPSA) is 62.6 Å². The zero-order chi connectivity index (χ0) is 13.8. The summed E-state index contributed by atoms with van der Waals surface area (Å²) in [6.45, 7) is 6.35. The third-order valence-electron chi connectivity index (χ3n) is 4.03. The van der Waals surface area contributed by atoms with Gasteiger partial charge in [0, 0.05) is 19.2 Å². The monoisotopic (exact) mass is 266 g/mol. The quantitative estimate of drug-likeness (QED) is 0.856. The molecule has 0 saturated carbocycles. The number of aliphatic hydroxyl groups is 1. The molecule has 0 spiro atoms. The Bertz CT molecular complexity index is 387. The fourth-order valence-electron chi connectivity index (χ4n) is 3.15. The molecule has 0 radical (unpaired) electrons. The van der Waals surface area contributed by atoms with Crippen LogP contribution in [0.2, 0.25) is 0 Å². The summed E-state index contributed by atoms with van der Waals surface area (Å²) in [6, 6.07) is 4.23. The lowest BCUT2D eigenvalue weighted by Crippen LogP contribution is -2.44. The molecule has 0 aromatic carbocycles. The summed E-state index contributed by atoms with van der Waals surface area (Å²) in [6.07, 6.45) is 3.27. The Kier molecular flexibility index (Phi) is 5.02.